The lowest BCUT2D eigenvalue weighted by atomic mass is 10.1. The molecule has 1 atom stereocenters. The van der Waals surface area contributed by atoms with E-state index < -0.39 is 0 Å². The number of nitrogens with two attached hydrogens (primary N) is 1. The highest BCUT2D eigenvalue weighted by molar-refractivity contribution is 5.77. The van der Waals surface area contributed by atoms with Gasteiger partial charge in [0.05, 0.1) is 28.5 Å². The molecule has 3 N–H and O–H groups in total. The van der Waals surface area contributed by atoms with Crippen LogP contribution >= 0.6 is 0 Å². The summed E-state index contributed by atoms with van der Waals surface area (Å²) in [5.74, 6) is 0.776. The summed E-state index contributed by atoms with van der Waals surface area (Å²) in [6, 6.07) is 22.1. The maximum Gasteiger partial charge on any atom is 0.124 e. The van der Waals surface area contributed by atoms with Gasteiger partial charge in [0.25, 0.3) is 0 Å². The number of aryl methyl sites for hydroxylation is 1. The Morgan fingerprint density at radius 2 is 1.77 bits per heavy atom. The van der Waals surface area contributed by atoms with Gasteiger partial charge >= 0.3 is 0 Å². The number of rotatable bonds is 5. The molecule has 0 aliphatic heterocycles. The van der Waals surface area contributed by atoms with Gasteiger partial charge in [0.2, 0.25) is 0 Å². The Hall–Kier alpha value is -3.77. The molecule has 6 heteroatoms. The molecule has 5 rings (SSSR count). The molecule has 0 radical (unpaired) electrons. The predicted octanol–water partition coefficient (Wildman–Crippen LogP) is 4.36. The molecule has 0 saturated heterocycles. The highest BCUT2D eigenvalue weighted by Crippen LogP contribution is 2.26. The van der Waals surface area contributed by atoms with Crippen LogP contribution < -0.4 is 5.73 Å². The van der Waals surface area contributed by atoms with Crippen LogP contribution in [0.3, 0.4) is 0 Å². The van der Waals surface area contributed by atoms with Crippen molar-refractivity contribution in [3.63, 3.8) is 0 Å². The molecule has 0 spiro atoms. The van der Waals surface area contributed by atoms with Crippen LogP contribution in [0.5, 0.6) is 0 Å². The van der Waals surface area contributed by atoms with Crippen molar-refractivity contribution in [3.05, 3.63) is 96.5 Å². The first-order valence-corrected chi connectivity index (χ1v) is 9.94. The van der Waals surface area contributed by atoms with Crippen LogP contribution in [0.2, 0.25) is 0 Å². The standard InChI is InChI=1S/C24H22N6/c1-16-23(29-24(28-16)20(25)14-18-6-4-5-13-26-18)17-9-11-19(12-10-17)30-15-27-21-7-2-3-8-22(21)30/h2-13,15,20H,14,25H2,1H3,(H,28,29)/t20-/m0/s1. The first-order valence-electron chi connectivity index (χ1n) is 9.94. The third kappa shape index (κ3) is 3.38. The van der Waals surface area contributed by atoms with Crippen molar-refractivity contribution in [1.82, 2.24) is 24.5 Å². The van der Waals surface area contributed by atoms with E-state index in [9.17, 15) is 0 Å². The van der Waals surface area contributed by atoms with Gasteiger partial charge in [-0.3, -0.25) is 9.55 Å². The summed E-state index contributed by atoms with van der Waals surface area (Å²) >= 11 is 0. The number of para-hydroxylation sites is 2. The number of pyridine rings is 1. The first kappa shape index (κ1) is 18.3. The fourth-order valence-electron chi connectivity index (χ4n) is 3.73. The number of nitrogens with zero attached hydrogens (tertiary/aromatic N) is 4. The molecule has 0 fully saturated rings. The summed E-state index contributed by atoms with van der Waals surface area (Å²) in [4.78, 5) is 16.9. The van der Waals surface area contributed by atoms with E-state index in [1.54, 1.807) is 6.20 Å². The smallest absolute Gasteiger partial charge is 0.124 e. The molecule has 3 heterocycles. The Kier molecular flexibility index (Phi) is 4.61. The number of aromatic amines is 1. The molecule has 0 amide bonds. The highest BCUT2D eigenvalue weighted by Gasteiger charge is 2.15. The fourth-order valence-corrected chi connectivity index (χ4v) is 3.73. The van der Waals surface area contributed by atoms with Crippen LogP contribution in [0, 0.1) is 6.92 Å². The van der Waals surface area contributed by atoms with Crippen LogP contribution in [-0.4, -0.2) is 24.5 Å². The average molecular weight is 394 g/mol. The van der Waals surface area contributed by atoms with Gasteiger partial charge in [-0.05, 0) is 48.9 Å². The van der Waals surface area contributed by atoms with E-state index in [1.165, 1.54) is 0 Å². The quantitative estimate of drug-likeness (QED) is 0.464. The molecule has 30 heavy (non-hydrogen) atoms. The maximum atomic E-state index is 6.38. The van der Waals surface area contributed by atoms with Gasteiger partial charge in [-0.1, -0.05) is 30.3 Å². The van der Waals surface area contributed by atoms with E-state index in [0.29, 0.717) is 6.42 Å². The number of imidazole rings is 2. The zero-order valence-corrected chi connectivity index (χ0v) is 16.7. The number of H-pyrrole nitrogens is 1. The molecule has 0 unspecified atom stereocenters. The third-order valence-electron chi connectivity index (χ3n) is 5.30. The molecule has 0 bridgehead atoms. The average Bonchev–Trinajstić information content (AvgIpc) is 3.38. The van der Waals surface area contributed by atoms with E-state index in [0.717, 1.165) is 45.2 Å². The van der Waals surface area contributed by atoms with E-state index in [-0.39, 0.29) is 6.04 Å². The van der Waals surface area contributed by atoms with Gasteiger partial charge in [0.15, 0.2) is 0 Å². The fraction of sp³-hybridized carbons (Fsp3) is 0.125. The van der Waals surface area contributed by atoms with Crippen molar-refractivity contribution >= 4 is 11.0 Å². The lowest BCUT2D eigenvalue weighted by molar-refractivity contribution is 0.665. The molecular weight excluding hydrogens is 372 g/mol. The molecular formula is C24H22N6. The van der Waals surface area contributed by atoms with Crippen molar-refractivity contribution in [3.8, 4) is 16.9 Å². The van der Waals surface area contributed by atoms with Crippen LogP contribution in [-0.2, 0) is 6.42 Å². The monoisotopic (exact) mass is 394 g/mol. The molecule has 2 aromatic carbocycles. The number of aromatic nitrogens is 5. The summed E-state index contributed by atoms with van der Waals surface area (Å²) in [7, 11) is 0. The Balaban J connectivity index is 1.41. The van der Waals surface area contributed by atoms with Gasteiger partial charge in [-0.25, -0.2) is 9.97 Å². The van der Waals surface area contributed by atoms with E-state index in [4.69, 9.17) is 5.73 Å². The number of fused-ring (bicyclic) bond motifs is 1. The Morgan fingerprint density at radius 1 is 0.967 bits per heavy atom. The van der Waals surface area contributed by atoms with Crippen molar-refractivity contribution in [1.29, 1.82) is 0 Å². The van der Waals surface area contributed by atoms with Crippen molar-refractivity contribution in [2.45, 2.75) is 19.4 Å². The Bertz CT molecular complexity index is 1280. The number of hydrogen-bond donors (Lipinski definition) is 2. The van der Waals surface area contributed by atoms with Crippen molar-refractivity contribution in [2.24, 2.45) is 5.73 Å². The third-order valence-corrected chi connectivity index (χ3v) is 5.30. The minimum absolute atomic E-state index is 0.232. The summed E-state index contributed by atoms with van der Waals surface area (Å²) in [5, 5.41) is 0. The van der Waals surface area contributed by atoms with Crippen LogP contribution in [0.15, 0.2) is 79.3 Å². The number of benzene rings is 2. The van der Waals surface area contributed by atoms with E-state index in [2.05, 4.69) is 54.8 Å². The van der Waals surface area contributed by atoms with Crippen LogP contribution in [0.25, 0.3) is 28.0 Å². The number of nitrogens with one attached hydrogen (secondary N) is 1. The predicted molar refractivity (Wildman–Crippen MR) is 118 cm³/mol. The molecule has 148 valence electrons. The molecule has 0 aliphatic rings. The molecule has 6 nitrogen and oxygen atoms in total. The van der Waals surface area contributed by atoms with Gasteiger partial charge in [-0.15, -0.1) is 0 Å². The van der Waals surface area contributed by atoms with E-state index in [1.807, 2.05) is 49.6 Å². The molecule has 3 aromatic heterocycles. The largest absolute Gasteiger partial charge is 0.340 e. The topological polar surface area (TPSA) is 85.4 Å². The summed E-state index contributed by atoms with van der Waals surface area (Å²) in [5.41, 5.74) is 13.5. The lowest BCUT2D eigenvalue weighted by Crippen LogP contribution is -2.15. The van der Waals surface area contributed by atoms with E-state index >= 15 is 0 Å². The Labute approximate surface area is 174 Å². The van der Waals surface area contributed by atoms with Crippen molar-refractivity contribution in [2.75, 3.05) is 0 Å². The Morgan fingerprint density at radius 3 is 2.57 bits per heavy atom. The van der Waals surface area contributed by atoms with Crippen LogP contribution in [0.4, 0.5) is 0 Å². The second-order valence-electron chi connectivity index (χ2n) is 7.36. The van der Waals surface area contributed by atoms with Gasteiger partial charge < -0.3 is 10.7 Å². The highest BCUT2D eigenvalue weighted by atomic mass is 15.0. The SMILES string of the molecule is Cc1nc([C@@H](N)Cc2ccccn2)[nH]c1-c1ccc(-n2cnc3ccccc32)cc1. The maximum absolute atomic E-state index is 6.38. The first-order chi connectivity index (χ1) is 14.7. The summed E-state index contributed by atoms with van der Waals surface area (Å²) < 4.78 is 2.09. The second-order valence-corrected chi connectivity index (χ2v) is 7.36. The van der Waals surface area contributed by atoms with Gasteiger partial charge in [0, 0.05) is 24.0 Å². The molecule has 5 aromatic rings. The van der Waals surface area contributed by atoms with Gasteiger partial charge in [-0.2, -0.15) is 0 Å². The minimum Gasteiger partial charge on any atom is -0.340 e. The number of hydrogen-bond acceptors (Lipinski definition) is 4. The summed E-state index contributed by atoms with van der Waals surface area (Å²) in [6.07, 6.45) is 4.28. The molecule has 0 aliphatic carbocycles. The normalized spacial score (nSPS) is 12.3. The molecule has 0 saturated carbocycles. The summed E-state index contributed by atoms with van der Waals surface area (Å²) in [6.45, 7) is 2.00. The van der Waals surface area contributed by atoms with Gasteiger partial charge in [0.1, 0.15) is 12.2 Å². The van der Waals surface area contributed by atoms with Crippen molar-refractivity contribution < 1.29 is 0 Å². The van der Waals surface area contributed by atoms with Crippen LogP contribution in [0.1, 0.15) is 23.3 Å². The lowest BCUT2D eigenvalue weighted by Gasteiger charge is -2.08. The zero-order chi connectivity index (χ0) is 20.5. The zero-order valence-electron chi connectivity index (χ0n) is 16.7. The minimum atomic E-state index is -0.232. The second kappa shape index (κ2) is 7.57.